The third kappa shape index (κ3) is 3.49. The number of piperidine rings is 1. The van der Waals surface area contributed by atoms with Gasteiger partial charge in [-0.1, -0.05) is 24.3 Å². The Morgan fingerprint density at radius 2 is 2.00 bits per heavy atom. The standard InChI is InChI=1S/C20H24N4O2/c25-19(22-18-9-8-15-6-2-3-7-17(15)18)14-24-20(26)12-16(13-21-24)23-10-4-1-5-11-23/h2-3,6-7,12-13,18H,1,4-5,8-11,14H2,(H,22,25). The molecule has 4 rings (SSSR count). The van der Waals surface area contributed by atoms with E-state index >= 15 is 0 Å². The van der Waals surface area contributed by atoms with Crippen LogP contribution in [0.1, 0.15) is 42.9 Å². The molecule has 1 amide bonds. The van der Waals surface area contributed by atoms with E-state index in [2.05, 4.69) is 27.4 Å². The average molecular weight is 352 g/mol. The van der Waals surface area contributed by atoms with Crippen LogP contribution >= 0.6 is 0 Å². The number of carbonyl (C=O) groups excluding carboxylic acids is 1. The summed E-state index contributed by atoms with van der Waals surface area (Å²) in [6, 6.07) is 9.81. The highest BCUT2D eigenvalue weighted by atomic mass is 16.2. The molecule has 6 heteroatoms. The van der Waals surface area contributed by atoms with Gasteiger partial charge in [-0.25, -0.2) is 4.68 Å². The van der Waals surface area contributed by atoms with Crippen LogP contribution in [0.4, 0.5) is 5.69 Å². The van der Waals surface area contributed by atoms with Crippen molar-refractivity contribution < 1.29 is 4.79 Å². The van der Waals surface area contributed by atoms with Crippen LogP contribution in [0.5, 0.6) is 0 Å². The summed E-state index contributed by atoms with van der Waals surface area (Å²) in [6.45, 7) is 1.89. The number of hydrogen-bond acceptors (Lipinski definition) is 4. The first-order chi connectivity index (χ1) is 12.7. The molecule has 0 radical (unpaired) electrons. The zero-order chi connectivity index (χ0) is 17.9. The van der Waals surface area contributed by atoms with Gasteiger partial charge in [0.2, 0.25) is 5.91 Å². The second-order valence-corrected chi connectivity index (χ2v) is 7.11. The van der Waals surface area contributed by atoms with E-state index in [9.17, 15) is 9.59 Å². The predicted octanol–water partition coefficient (Wildman–Crippen LogP) is 2.04. The predicted molar refractivity (Wildman–Crippen MR) is 100 cm³/mol. The molecule has 0 saturated carbocycles. The molecule has 1 unspecified atom stereocenters. The van der Waals surface area contributed by atoms with Gasteiger partial charge in [-0.2, -0.15) is 5.10 Å². The summed E-state index contributed by atoms with van der Waals surface area (Å²) in [5.41, 5.74) is 3.10. The number of carbonyl (C=O) groups is 1. The molecule has 1 atom stereocenters. The minimum absolute atomic E-state index is 0.0297. The van der Waals surface area contributed by atoms with Crippen LogP contribution in [-0.2, 0) is 17.8 Å². The Bertz CT molecular complexity index is 855. The maximum atomic E-state index is 12.4. The third-order valence-electron chi connectivity index (χ3n) is 5.34. The fraction of sp³-hybridized carbons (Fsp3) is 0.450. The monoisotopic (exact) mass is 352 g/mol. The van der Waals surface area contributed by atoms with E-state index in [0.717, 1.165) is 44.5 Å². The highest BCUT2D eigenvalue weighted by molar-refractivity contribution is 5.76. The lowest BCUT2D eigenvalue weighted by molar-refractivity contribution is -0.122. The fourth-order valence-corrected chi connectivity index (χ4v) is 3.95. The molecule has 2 heterocycles. The number of amides is 1. The molecule has 1 fully saturated rings. The Hall–Kier alpha value is -2.63. The highest BCUT2D eigenvalue weighted by Gasteiger charge is 2.23. The molecular weight excluding hydrogens is 328 g/mol. The van der Waals surface area contributed by atoms with Gasteiger partial charge in [-0.3, -0.25) is 9.59 Å². The van der Waals surface area contributed by atoms with E-state index in [0.29, 0.717) is 0 Å². The summed E-state index contributed by atoms with van der Waals surface area (Å²) in [7, 11) is 0. The number of aromatic nitrogens is 2. The summed E-state index contributed by atoms with van der Waals surface area (Å²) in [5, 5.41) is 7.25. The minimum atomic E-state index is -0.227. The van der Waals surface area contributed by atoms with E-state index in [1.165, 1.54) is 22.2 Å². The van der Waals surface area contributed by atoms with Crippen molar-refractivity contribution in [1.82, 2.24) is 15.1 Å². The SMILES string of the molecule is O=C(Cn1ncc(N2CCCCC2)cc1=O)NC1CCc2ccccc21. The van der Waals surface area contributed by atoms with Crippen molar-refractivity contribution >= 4 is 11.6 Å². The summed E-state index contributed by atoms with van der Waals surface area (Å²) in [5.74, 6) is -0.174. The van der Waals surface area contributed by atoms with Crippen molar-refractivity contribution in [1.29, 1.82) is 0 Å². The van der Waals surface area contributed by atoms with E-state index in [-0.39, 0.29) is 24.1 Å². The first-order valence-electron chi connectivity index (χ1n) is 9.40. The van der Waals surface area contributed by atoms with Crippen LogP contribution in [-0.4, -0.2) is 28.8 Å². The number of anilines is 1. The number of nitrogens with one attached hydrogen (secondary N) is 1. The van der Waals surface area contributed by atoms with Gasteiger partial charge in [0.05, 0.1) is 17.9 Å². The van der Waals surface area contributed by atoms with E-state index < -0.39 is 0 Å². The van der Waals surface area contributed by atoms with Gasteiger partial charge in [0, 0.05) is 19.2 Å². The van der Waals surface area contributed by atoms with Crippen molar-refractivity contribution in [3.8, 4) is 0 Å². The smallest absolute Gasteiger partial charge is 0.269 e. The average Bonchev–Trinajstić information content (AvgIpc) is 3.07. The maximum Gasteiger partial charge on any atom is 0.269 e. The Kier molecular flexibility index (Phi) is 4.73. The Labute approximate surface area is 152 Å². The maximum absolute atomic E-state index is 12.4. The number of rotatable bonds is 4. The molecule has 1 N–H and O–H groups in total. The van der Waals surface area contributed by atoms with Crippen molar-refractivity contribution in [3.63, 3.8) is 0 Å². The number of fused-ring (bicyclic) bond motifs is 1. The lowest BCUT2D eigenvalue weighted by atomic mass is 10.1. The second kappa shape index (κ2) is 7.32. The third-order valence-corrected chi connectivity index (χ3v) is 5.34. The van der Waals surface area contributed by atoms with Crippen LogP contribution < -0.4 is 15.8 Å². The fourth-order valence-electron chi connectivity index (χ4n) is 3.95. The molecule has 1 aliphatic heterocycles. The molecule has 1 aliphatic carbocycles. The van der Waals surface area contributed by atoms with Gasteiger partial charge >= 0.3 is 0 Å². The Morgan fingerprint density at radius 3 is 2.81 bits per heavy atom. The summed E-state index contributed by atoms with van der Waals surface area (Å²) >= 11 is 0. The molecule has 1 saturated heterocycles. The van der Waals surface area contributed by atoms with Crippen LogP contribution in [0.3, 0.4) is 0 Å². The zero-order valence-corrected chi connectivity index (χ0v) is 14.9. The lowest BCUT2D eigenvalue weighted by Crippen LogP contribution is -2.36. The number of aryl methyl sites for hydroxylation is 1. The summed E-state index contributed by atoms with van der Waals surface area (Å²) in [4.78, 5) is 26.9. The first-order valence-corrected chi connectivity index (χ1v) is 9.40. The van der Waals surface area contributed by atoms with E-state index in [1.807, 2.05) is 12.1 Å². The second-order valence-electron chi connectivity index (χ2n) is 7.11. The van der Waals surface area contributed by atoms with Crippen molar-refractivity contribution in [2.45, 2.75) is 44.7 Å². The number of nitrogens with zero attached hydrogens (tertiary/aromatic N) is 3. The van der Waals surface area contributed by atoms with Crippen LogP contribution in [0.2, 0.25) is 0 Å². The molecule has 1 aromatic heterocycles. The molecule has 2 aromatic rings. The van der Waals surface area contributed by atoms with Crippen LogP contribution in [0, 0.1) is 0 Å². The summed E-state index contributed by atoms with van der Waals surface area (Å²) < 4.78 is 1.24. The molecule has 6 nitrogen and oxygen atoms in total. The first kappa shape index (κ1) is 16.8. The van der Waals surface area contributed by atoms with Gasteiger partial charge in [0.15, 0.2) is 0 Å². The topological polar surface area (TPSA) is 67.2 Å². The normalized spacial score (nSPS) is 19.2. The zero-order valence-electron chi connectivity index (χ0n) is 14.9. The van der Waals surface area contributed by atoms with Gasteiger partial charge in [0.25, 0.3) is 5.56 Å². The molecule has 26 heavy (non-hydrogen) atoms. The van der Waals surface area contributed by atoms with Crippen LogP contribution in [0.15, 0.2) is 41.3 Å². The highest BCUT2D eigenvalue weighted by Crippen LogP contribution is 2.30. The van der Waals surface area contributed by atoms with Crippen molar-refractivity contribution in [2.24, 2.45) is 0 Å². The number of benzene rings is 1. The van der Waals surface area contributed by atoms with Crippen molar-refractivity contribution in [3.05, 3.63) is 58.0 Å². The lowest BCUT2D eigenvalue weighted by Gasteiger charge is -2.28. The molecule has 1 aromatic carbocycles. The van der Waals surface area contributed by atoms with Gasteiger partial charge in [-0.05, 0) is 43.2 Å². The quantitative estimate of drug-likeness (QED) is 0.914. The van der Waals surface area contributed by atoms with E-state index in [1.54, 1.807) is 12.3 Å². The van der Waals surface area contributed by atoms with Crippen LogP contribution in [0.25, 0.3) is 0 Å². The minimum Gasteiger partial charge on any atom is -0.370 e. The largest absolute Gasteiger partial charge is 0.370 e. The molecule has 0 spiro atoms. The molecule has 0 bridgehead atoms. The van der Waals surface area contributed by atoms with Crippen molar-refractivity contribution in [2.75, 3.05) is 18.0 Å². The number of hydrogen-bond donors (Lipinski definition) is 1. The van der Waals surface area contributed by atoms with Gasteiger partial charge in [-0.15, -0.1) is 0 Å². The Balaban J connectivity index is 1.41. The molecular formula is C20H24N4O2. The molecule has 136 valence electrons. The van der Waals surface area contributed by atoms with Gasteiger partial charge in [0.1, 0.15) is 6.54 Å². The Morgan fingerprint density at radius 1 is 1.19 bits per heavy atom. The summed E-state index contributed by atoms with van der Waals surface area (Å²) in [6.07, 6.45) is 7.12. The van der Waals surface area contributed by atoms with Gasteiger partial charge < -0.3 is 10.2 Å². The van der Waals surface area contributed by atoms with E-state index in [4.69, 9.17) is 0 Å². The molecule has 2 aliphatic rings.